The van der Waals surface area contributed by atoms with Crippen molar-refractivity contribution in [1.29, 1.82) is 0 Å². The summed E-state index contributed by atoms with van der Waals surface area (Å²) in [5.41, 5.74) is 2.79. The molecule has 0 spiro atoms. The topological polar surface area (TPSA) is 81.9 Å². The van der Waals surface area contributed by atoms with Crippen LogP contribution in [0.1, 0.15) is 6.92 Å². The summed E-state index contributed by atoms with van der Waals surface area (Å²) in [7, 11) is 3.52. The predicted molar refractivity (Wildman–Crippen MR) is 124 cm³/mol. The van der Waals surface area contributed by atoms with E-state index >= 15 is 0 Å². The number of anilines is 1. The smallest absolute Gasteiger partial charge is 0.239 e. The standard InChI is InChI=1S/C22H21N5O2S2/c1-14(20(28)24-21-23-18(13-30-21)15-7-5-4-6-8-15)31-22-26-25-19(27(22)2)16-9-11-17(29-3)12-10-16/h4-14H,1-3H3,(H,23,24,28). The van der Waals surface area contributed by atoms with Crippen molar-refractivity contribution in [1.82, 2.24) is 19.7 Å². The highest BCUT2D eigenvalue weighted by atomic mass is 32.2. The van der Waals surface area contributed by atoms with Gasteiger partial charge in [0.05, 0.1) is 18.1 Å². The lowest BCUT2D eigenvalue weighted by Crippen LogP contribution is -2.22. The quantitative estimate of drug-likeness (QED) is 0.409. The molecule has 1 unspecified atom stereocenters. The molecule has 1 atom stereocenters. The molecule has 0 fully saturated rings. The van der Waals surface area contributed by atoms with Crippen molar-refractivity contribution in [2.24, 2.45) is 7.05 Å². The molecule has 7 nitrogen and oxygen atoms in total. The molecule has 2 aromatic heterocycles. The second-order valence-corrected chi connectivity index (χ2v) is 8.91. The van der Waals surface area contributed by atoms with E-state index in [1.54, 1.807) is 7.11 Å². The molecule has 31 heavy (non-hydrogen) atoms. The molecule has 0 radical (unpaired) electrons. The first-order valence-electron chi connectivity index (χ1n) is 9.57. The summed E-state index contributed by atoms with van der Waals surface area (Å²) in [4.78, 5) is 17.2. The number of thioether (sulfide) groups is 1. The van der Waals surface area contributed by atoms with Crippen LogP contribution < -0.4 is 10.1 Å². The van der Waals surface area contributed by atoms with Crippen LogP contribution in [0.2, 0.25) is 0 Å². The second kappa shape index (κ2) is 9.32. The lowest BCUT2D eigenvalue weighted by atomic mass is 10.2. The molecule has 158 valence electrons. The van der Waals surface area contributed by atoms with Gasteiger partial charge in [0.15, 0.2) is 16.1 Å². The normalized spacial score (nSPS) is 11.8. The number of amides is 1. The number of ether oxygens (including phenoxy) is 1. The van der Waals surface area contributed by atoms with E-state index in [0.29, 0.717) is 10.3 Å². The van der Waals surface area contributed by atoms with E-state index in [-0.39, 0.29) is 11.2 Å². The Balaban J connectivity index is 1.41. The molecule has 0 aliphatic carbocycles. The van der Waals surface area contributed by atoms with Crippen LogP contribution >= 0.6 is 23.1 Å². The summed E-state index contributed by atoms with van der Waals surface area (Å²) in [5.74, 6) is 1.38. The summed E-state index contributed by atoms with van der Waals surface area (Å²) in [5, 5.41) is 14.3. The minimum atomic E-state index is -0.365. The first kappa shape index (κ1) is 21.1. The van der Waals surface area contributed by atoms with Crippen LogP contribution in [-0.4, -0.2) is 38.0 Å². The van der Waals surface area contributed by atoms with Crippen molar-refractivity contribution in [2.45, 2.75) is 17.3 Å². The Bertz CT molecular complexity index is 1170. The highest BCUT2D eigenvalue weighted by Gasteiger charge is 2.20. The van der Waals surface area contributed by atoms with Gasteiger partial charge in [-0.1, -0.05) is 42.1 Å². The Morgan fingerprint density at radius 2 is 1.84 bits per heavy atom. The number of hydrogen-bond donors (Lipinski definition) is 1. The van der Waals surface area contributed by atoms with Crippen molar-refractivity contribution in [3.8, 4) is 28.4 Å². The Hall–Kier alpha value is -3.17. The fourth-order valence-corrected chi connectivity index (χ4v) is 4.44. The second-order valence-electron chi connectivity index (χ2n) is 6.75. The number of benzene rings is 2. The third kappa shape index (κ3) is 4.78. The molecule has 0 aliphatic heterocycles. The number of thiazole rings is 1. The molecule has 0 saturated heterocycles. The van der Waals surface area contributed by atoms with Gasteiger partial charge in [-0.3, -0.25) is 4.79 Å². The van der Waals surface area contributed by atoms with Crippen LogP contribution in [0.3, 0.4) is 0 Å². The van der Waals surface area contributed by atoms with E-state index in [1.807, 2.05) is 78.5 Å². The van der Waals surface area contributed by atoms with Crippen LogP contribution in [0, 0.1) is 0 Å². The number of nitrogens with zero attached hydrogens (tertiary/aromatic N) is 4. The maximum absolute atomic E-state index is 12.7. The van der Waals surface area contributed by atoms with E-state index in [1.165, 1.54) is 23.1 Å². The van der Waals surface area contributed by atoms with Crippen molar-refractivity contribution < 1.29 is 9.53 Å². The molecule has 0 aliphatic rings. The van der Waals surface area contributed by atoms with E-state index < -0.39 is 0 Å². The van der Waals surface area contributed by atoms with Gasteiger partial charge in [0.2, 0.25) is 5.91 Å². The van der Waals surface area contributed by atoms with Crippen molar-refractivity contribution in [3.63, 3.8) is 0 Å². The van der Waals surface area contributed by atoms with Crippen LogP contribution in [0.4, 0.5) is 5.13 Å². The van der Waals surface area contributed by atoms with Crippen molar-refractivity contribution in [2.75, 3.05) is 12.4 Å². The van der Waals surface area contributed by atoms with Gasteiger partial charge < -0.3 is 14.6 Å². The zero-order chi connectivity index (χ0) is 21.8. The van der Waals surface area contributed by atoms with Gasteiger partial charge in [0.1, 0.15) is 5.75 Å². The van der Waals surface area contributed by atoms with Gasteiger partial charge in [-0.15, -0.1) is 21.5 Å². The number of nitrogens with one attached hydrogen (secondary N) is 1. The molecular weight excluding hydrogens is 430 g/mol. The molecule has 9 heteroatoms. The first-order chi connectivity index (χ1) is 15.0. The molecule has 4 rings (SSSR count). The maximum Gasteiger partial charge on any atom is 0.239 e. The fraction of sp³-hybridized carbons (Fsp3) is 0.182. The molecule has 4 aromatic rings. The van der Waals surface area contributed by atoms with E-state index in [0.717, 1.165) is 28.4 Å². The lowest BCUT2D eigenvalue weighted by Gasteiger charge is -2.10. The summed E-state index contributed by atoms with van der Waals surface area (Å²) in [6.07, 6.45) is 0. The predicted octanol–water partition coefficient (Wildman–Crippen LogP) is 4.73. The third-order valence-electron chi connectivity index (χ3n) is 4.64. The molecule has 2 aromatic carbocycles. The average molecular weight is 452 g/mol. The molecular formula is C22H21N5O2S2. The highest BCUT2D eigenvalue weighted by Crippen LogP contribution is 2.28. The number of methoxy groups -OCH3 is 1. The molecule has 1 amide bonds. The Kier molecular flexibility index (Phi) is 6.34. The lowest BCUT2D eigenvalue weighted by molar-refractivity contribution is -0.115. The monoisotopic (exact) mass is 451 g/mol. The van der Waals surface area contributed by atoms with E-state index in [9.17, 15) is 4.79 Å². The van der Waals surface area contributed by atoms with Crippen molar-refractivity contribution >= 4 is 34.1 Å². The van der Waals surface area contributed by atoms with E-state index in [4.69, 9.17) is 4.74 Å². The Labute approximate surface area is 188 Å². The molecule has 0 bridgehead atoms. The Morgan fingerprint density at radius 3 is 2.55 bits per heavy atom. The SMILES string of the molecule is COc1ccc(-c2nnc(SC(C)C(=O)Nc3nc(-c4ccccc4)cs3)n2C)cc1. The van der Waals surface area contributed by atoms with Crippen LogP contribution in [0.25, 0.3) is 22.6 Å². The van der Waals surface area contributed by atoms with E-state index in [2.05, 4.69) is 20.5 Å². The third-order valence-corrected chi connectivity index (χ3v) is 6.53. The summed E-state index contributed by atoms with van der Waals surface area (Å²) in [6, 6.07) is 17.5. The average Bonchev–Trinajstić information content (AvgIpc) is 3.41. The van der Waals surface area contributed by atoms with Gasteiger partial charge >= 0.3 is 0 Å². The number of hydrogen-bond acceptors (Lipinski definition) is 7. The summed E-state index contributed by atoms with van der Waals surface area (Å²) < 4.78 is 7.08. The van der Waals surface area contributed by atoms with Crippen molar-refractivity contribution in [3.05, 3.63) is 60.0 Å². The van der Waals surface area contributed by atoms with Gasteiger partial charge in [-0.25, -0.2) is 4.98 Å². The van der Waals surface area contributed by atoms with Gasteiger partial charge in [-0.2, -0.15) is 0 Å². The van der Waals surface area contributed by atoms with Crippen LogP contribution in [0.15, 0.2) is 65.1 Å². The fourth-order valence-electron chi connectivity index (χ4n) is 2.90. The number of carbonyl (C=O) groups is 1. The molecule has 0 saturated carbocycles. The minimum absolute atomic E-state index is 0.132. The van der Waals surface area contributed by atoms with Crippen LogP contribution in [0.5, 0.6) is 5.75 Å². The Morgan fingerprint density at radius 1 is 1.10 bits per heavy atom. The molecule has 2 heterocycles. The highest BCUT2D eigenvalue weighted by molar-refractivity contribution is 8.00. The van der Waals surface area contributed by atoms with Crippen LogP contribution in [-0.2, 0) is 11.8 Å². The van der Waals surface area contributed by atoms with Gasteiger partial charge in [0.25, 0.3) is 0 Å². The van der Waals surface area contributed by atoms with Gasteiger partial charge in [-0.05, 0) is 31.2 Å². The zero-order valence-corrected chi connectivity index (χ0v) is 18.9. The number of rotatable bonds is 7. The number of aromatic nitrogens is 4. The summed E-state index contributed by atoms with van der Waals surface area (Å²) >= 11 is 2.76. The first-order valence-corrected chi connectivity index (χ1v) is 11.3. The van der Waals surface area contributed by atoms with Gasteiger partial charge in [0, 0.05) is 23.6 Å². The zero-order valence-electron chi connectivity index (χ0n) is 17.3. The minimum Gasteiger partial charge on any atom is -0.497 e. The maximum atomic E-state index is 12.7. The number of carbonyl (C=O) groups excluding carboxylic acids is 1. The largest absolute Gasteiger partial charge is 0.497 e. The molecule has 1 N–H and O–H groups in total. The summed E-state index contributed by atoms with van der Waals surface area (Å²) in [6.45, 7) is 1.84.